The number of aliphatic carboxylic acids is 1. The molecular weight excluding hydrogens is 223 g/mol. The zero-order valence-corrected chi connectivity index (χ0v) is 9.22. The second-order valence-corrected chi connectivity index (χ2v) is 3.69. The van der Waals surface area contributed by atoms with Crippen molar-refractivity contribution in [2.75, 3.05) is 0 Å². The summed E-state index contributed by atoms with van der Waals surface area (Å²) in [4.78, 5) is 10.6. The Labute approximate surface area is 97.3 Å². The Balaban J connectivity index is 2.43. The van der Waals surface area contributed by atoms with Gasteiger partial charge < -0.3 is 5.11 Å². The highest BCUT2D eigenvalue weighted by Crippen LogP contribution is 2.22. The van der Waals surface area contributed by atoms with Gasteiger partial charge in [-0.05, 0) is 18.2 Å². The number of aromatic nitrogens is 2. The average Bonchev–Trinajstić information content (AvgIpc) is 2.59. The molecule has 2 aromatic rings. The molecule has 0 atom stereocenters. The highest BCUT2D eigenvalue weighted by Gasteiger charge is 2.12. The van der Waals surface area contributed by atoms with E-state index in [0.717, 1.165) is 0 Å². The van der Waals surface area contributed by atoms with Crippen LogP contribution >= 0.6 is 0 Å². The van der Waals surface area contributed by atoms with Gasteiger partial charge >= 0.3 is 5.97 Å². The molecule has 0 aliphatic carbocycles. The Kier molecular flexibility index (Phi) is 2.91. The summed E-state index contributed by atoms with van der Waals surface area (Å²) >= 11 is 0. The highest BCUT2D eigenvalue weighted by molar-refractivity contribution is 5.70. The van der Waals surface area contributed by atoms with Gasteiger partial charge in [-0.2, -0.15) is 5.10 Å². The van der Waals surface area contributed by atoms with E-state index in [1.54, 1.807) is 31.3 Å². The van der Waals surface area contributed by atoms with E-state index in [9.17, 15) is 9.18 Å². The van der Waals surface area contributed by atoms with Crippen molar-refractivity contribution in [1.82, 2.24) is 9.78 Å². The van der Waals surface area contributed by atoms with Crippen LogP contribution in [0.3, 0.4) is 0 Å². The summed E-state index contributed by atoms with van der Waals surface area (Å²) in [5.41, 5.74) is 1.40. The second-order valence-electron chi connectivity index (χ2n) is 3.69. The van der Waals surface area contributed by atoms with E-state index >= 15 is 0 Å². The molecule has 2 rings (SSSR count). The third-order valence-corrected chi connectivity index (χ3v) is 2.41. The van der Waals surface area contributed by atoms with Crippen molar-refractivity contribution in [2.24, 2.45) is 7.05 Å². The fourth-order valence-electron chi connectivity index (χ4n) is 1.69. The number of nitrogens with zero attached hydrogens (tertiary/aromatic N) is 2. The summed E-state index contributed by atoms with van der Waals surface area (Å²) in [5, 5.41) is 12.7. The maximum absolute atomic E-state index is 13.6. The largest absolute Gasteiger partial charge is 0.481 e. The normalized spacial score (nSPS) is 10.5. The lowest BCUT2D eigenvalue weighted by molar-refractivity contribution is -0.136. The number of carboxylic acids is 1. The predicted octanol–water partition coefficient (Wildman–Crippen LogP) is 1.85. The highest BCUT2D eigenvalue weighted by atomic mass is 19.1. The number of aryl methyl sites for hydroxylation is 1. The summed E-state index contributed by atoms with van der Waals surface area (Å²) in [6.45, 7) is 0. The third kappa shape index (κ3) is 2.33. The molecule has 0 saturated carbocycles. The Morgan fingerprint density at radius 3 is 2.82 bits per heavy atom. The van der Waals surface area contributed by atoms with Crippen LogP contribution in [0.15, 0.2) is 30.3 Å². The van der Waals surface area contributed by atoms with Crippen LogP contribution in [0.4, 0.5) is 4.39 Å². The molecule has 0 aliphatic rings. The van der Waals surface area contributed by atoms with E-state index < -0.39 is 5.97 Å². The van der Waals surface area contributed by atoms with Crippen molar-refractivity contribution in [3.8, 4) is 11.3 Å². The first-order valence-corrected chi connectivity index (χ1v) is 5.07. The minimum atomic E-state index is -0.955. The van der Waals surface area contributed by atoms with Gasteiger partial charge in [0, 0.05) is 12.6 Å². The smallest absolute Gasteiger partial charge is 0.309 e. The maximum atomic E-state index is 13.6. The summed E-state index contributed by atoms with van der Waals surface area (Å²) in [5.74, 6) is -1.31. The SMILES string of the molecule is Cn1nc(CC(=O)O)cc1-c1ccccc1F. The van der Waals surface area contributed by atoms with Gasteiger partial charge in [-0.25, -0.2) is 4.39 Å². The van der Waals surface area contributed by atoms with E-state index in [4.69, 9.17) is 5.11 Å². The number of benzene rings is 1. The fourth-order valence-corrected chi connectivity index (χ4v) is 1.69. The molecule has 0 amide bonds. The van der Waals surface area contributed by atoms with Crippen molar-refractivity contribution in [2.45, 2.75) is 6.42 Å². The number of halogens is 1. The second kappa shape index (κ2) is 4.37. The molecule has 4 nitrogen and oxygen atoms in total. The van der Waals surface area contributed by atoms with Gasteiger partial charge in [-0.3, -0.25) is 9.48 Å². The van der Waals surface area contributed by atoms with Gasteiger partial charge in [0.15, 0.2) is 0 Å². The fraction of sp³-hybridized carbons (Fsp3) is 0.167. The minimum Gasteiger partial charge on any atom is -0.481 e. The molecule has 5 heteroatoms. The lowest BCUT2D eigenvalue weighted by atomic mass is 10.1. The van der Waals surface area contributed by atoms with Crippen molar-refractivity contribution in [3.63, 3.8) is 0 Å². The summed E-state index contributed by atoms with van der Waals surface area (Å²) in [6.07, 6.45) is -0.164. The van der Waals surface area contributed by atoms with Crippen LogP contribution in [0, 0.1) is 5.82 Å². The molecule has 1 aromatic carbocycles. The number of hydrogen-bond acceptors (Lipinski definition) is 2. The van der Waals surface area contributed by atoms with Crippen LogP contribution in [-0.4, -0.2) is 20.9 Å². The molecule has 1 aromatic heterocycles. The summed E-state index contributed by atoms with van der Waals surface area (Å²) < 4.78 is 15.1. The van der Waals surface area contributed by atoms with Gasteiger partial charge in [0.2, 0.25) is 0 Å². The zero-order chi connectivity index (χ0) is 12.4. The minimum absolute atomic E-state index is 0.164. The van der Waals surface area contributed by atoms with E-state index in [-0.39, 0.29) is 12.2 Å². The molecule has 0 aliphatic heterocycles. The average molecular weight is 234 g/mol. The van der Waals surface area contributed by atoms with Crippen LogP contribution < -0.4 is 0 Å². The van der Waals surface area contributed by atoms with Crippen molar-refractivity contribution in [1.29, 1.82) is 0 Å². The molecule has 0 unspecified atom stereocenters. The Morgan fingerprint density at radius 2 is 2.18 bits per heavy atom. The van der Waals surface area contributed by atoms with Crippen molar-refractivity contribution < 1.29 is 14.3 Å². The lowest BCUT2D eigenvalue weighted by Crippen LogP contribution is -2.01. The predicted molar refractivity (Wildman–Crippen MR) is 59.9 cm³/mol. The molecular formula is C12H11FN2O2. The van der Waals surface area contributed by atoms with Gasteiger partial charge in [0.1, 0.15) is 5.82 Å². The monoisotopic (exact) mass is 234 g/mol. The van der Waals surface area contributed by atoms with E-state index in [0.29, 0.717) is 17.0 Å². The van der Waals surface area contributed by atoms with Gasteiger partial charge in [-0.15, -0.1) is 0 Å². The molecule has 0 radical (unpaired) electrons. The lowest BCUT2D eigenvalue weighted by Gasteiger charge is -2.02. The van der Waals surface area contributed by atoms with E-state index in [1.165, 1.54) is 10.7 Å². The van der Waals surface area contributed by atoms with Crippen LogP contribution in [0.5, 0.6) is 0 Å². The molecule has 0 fully saturated rings. The van der Waals surface area contributed by atoms with Crippen LogP contribution in [-0.2, 0) is 18.3 Å². The third-order valence-electron chi connectivity index (χ3n) is 2.41. The molecule has 0 spiro atoms. The standard InChI is InChI=1S/C12H11FN2O2/c1-15-11(6-8(14-15)7-12(16)17)9-4-2-3-5-10(9)13/h2-6H,7H2,1H3,(H,16,17). The molecule has 88 valence electrons. The quantitative estimate of drug-likeness (QED) is 0.881. The molecule has 1 heterocycles. The topological polar surface area (TPSA) is 55.1 Å². The summed E-state index contributed by atoms with van der Waals surface area (Å²) in [7, 11) is 1.66. The first-order valence-electron chi connectivity index (χ1n) is 5.07. The van der Waals surface area contributed by atoms with Crippen molar-refractivity contribution >= 4 is 5.97 Å². The number of carboxylic acid groups (broad SMARTS) is 1. The van der Waals surface area contributed by atoms with Crippen LogP contribution in [0.25, 0.3) is 11.3 Å². The van der Waals surface area contributed by atoms with Gasteiger partial charge in [-0.1, -0.05) is 12.1 Å². The molecule has 0 saturated heterocycles. The van der Waals surface area contributed by atoms with E-state index in [1.807, 2.05) is 0 Å². The Hall–Kier alpha value is -2.17. The Morgan fingerprint density at radius 1 is 1.47 bits per heavy atom. The first kappa shape index (κ1) is 11.3. The first-order chi connectivity index (χ1) is 8.08. The maximum Gasteiger partial charge on any atom is 0.309 e. The van der Waals surface area contributed by atoms with Crippen molar-refractivity contribution in [3.05, 3.63) is 41.8 Å². The van der Waals surface area contributed by atoms with Gasteiger partial charge in [0.05, 0.1) is 17.8 Å². The molecule has 1 N–H and O–H groups in total. The van der Waals surface area contributed by atoms with Gasteiger partial charge in [0.25, 0.3) is 0 Å². The zero-order valence-electron chi connectivity index (χ0n) is 9.22. The van der Waals surface area contributed by atoms with E-state index in [2.05, 4.69) is 5.10 Å². The Bertz CT molecular complexity index is 563. The van der Waals surface area contributed by atoms with Crippen LogP contribution in [0.2, 0.25) is 0 Å². The molecule has 17 heavy (non-hydrogen) atoms. The number of hydrogen-bond donors (Lipinski definition) is 1. The number of carbonyl (C=O) groups is 1. The molecule has 0 bridgehead atoms. The number of rotatable bonds is 3. The van der Waals surface area contributed by atoms with Crippen LogP contribution in [0.1, 0.15) is 5.69 Å². The summed E-state index contributed by atoms with van der Waals surface area (Å²) in [6, 6.07) is 7.91.